The Morgan fingerprint density at radius 1 is 1.00 bits per heavy atom. The number of nitrogens with two attached hydrogens (primary N) is 1. The third-order valence-electron chi connectivity index (χ3n) is 2.93. The SMILES string of the molecule is CSc1ccc(COC(=O)c2ccc(C(N)=O)cc2)cc1. The minimum Gasteiger partial charge on any atom is -0.457 e. The summed E-state index contributed by atoms with van der Waals surface area (Å²) in [5, 5.41) is 0. The number of hydrogen-bond acceptors (Lipinski definition) is 4. The normalized spacial score (nSPS) is 10.1. The minimum atomic E-state index is -0.524. The van der Waals surface area contributed by atoms with E-state index in [1.807, 2.05) is 30.5 Å². The zero-order chi connectivity index (χ0) is 15.2. The van der Waals surface area contributed by atoms with Crippen LogP contribution in [0.1, 0.15) is 26.3 Å². The summed E-state index contributed by atoms with van der Waals surface area (Å²) in [6.07, 6.45) is 2.00. The molecule has 4 nitrogen and oxygen atoms in total. The summed E-state index contributed by atoms with van der Waals surface area (Å²) in [4.78, 5) is 24.0. The Labute approximate surface area is 127 Å². The van der Waals surface area contributed by atoms with Crippen molar-refractivity contribution in [2.45, 2.75) is 11.5 Å². The first-order valence-electron chi connectivity index (χ1n) is 6.30. The van der Waals surface area contributed by atoms with Gasteiger partial charge in [-0.1, -0.05) is 12.1 Å². The highest BCUT2D eigenvalue weighted by Gasteiger charge is 2.08. The highest BCUT2D eigenvalue weighted by molar-refractivity contribution is 7.98. The van der Waals surface area contributed by atoms with Crippen molar-refractivity contribution in [3.05, 3.63) is 65.2 Å². The van der Waals surface area contributed by atoms with Gasteiger partial charge in [0.1, 0.15) is 6.61 Å². The summed E-state index contributed by atoms with van der Waals surface area (Å²) < 4.78 is 5.23. The first kappa shape index (κ1) is 15.1. The van der Waals surface area contributed by atoms with E-state index in [0.717, 1.165) is 10.5 Å². The van der Waals surface area contributed by atoms with Crippen LogP contribution in [0.5, 0.6) is 0 Å². The van der Waals surface area contributed by atoms with Crippen molar-refractivity contribution in [3.8, 4) is 0 Å². The standard InChI is InChI=1S/C16H15NO3S/c1-21-14-8-2-11(3-9-14)10-20-16(19)13-6-4-12(5-7-13)15(17)18/h2-9H,10H2,1H3,(H2,17,18). The molecule has 0 radical (unpaired) electrons. The largest absolute Gasteiger partial charge is 0.457 e. The molecule has 0 spiro atoms. The molecule has 0 saturated carbocycles. The van der Waals surface area contributed by atoms with E-state index in [4.69, 9.17) is 10.5 Å². The predicted octanol–water partition coefficient (Wildman–Crippen LogP) is 2.86. The molecule has 0 unspecified atom stereocenters. The number of ether oxygens (including phenoxy) is 1. The molecule has 0 saturated heterocycles. The molecule has 0 aliphatic heterocycles. The number of primary amides is 1. The fourth-order valence-electron chi connectivity index (χ4n) is 1.72. The van der Waals surface area contributed by atoms with Crippen LogP contribution in [0.15, 0.2) is 53.4 Å². The second-order valence-corrected chi connectivity index (χ2v) is 5.25. The molecule has 0 bridgehead atoms. The molecule has 0 fully saturated rings. The average molecular weight is 301 g/mol. The molecule has 0 atom stereocenters. The van der Waals surface area contributed by atoms with Crippen molar-refractivity contribution < 1.29 is 14.3 Å². The Kier molecular flexibility index (Phi) is 5.00. The molecule has 0 aromatic heterocycles. The molecule has 108 valence electrons. The van der Waals surface area contributed by atoms with Gasteiger partial charge in [-0.05, 0) is 48.2 Å². The maximum absolute atomic E-state index is 11.9. The Morgan fingerprint density at radius 3 is 2.10 bits per heavy atom. The number of hydrogen-bond donors (Lipinski definition) is 1. The monoisotopic (exact) mass is 301 g/mol. The zero-order valence-corrected chi connectivity index (χ0v) is 12.4. The van der Waals surface area contributed by atoms with Gasteiger partial charge in [0.05, 0.1) is 5.56 Å². The van der Waals surface area contributed by atoms with E-state index in [0.29, 0.717) is 11.1 Å². The molecule has 2 aromatic rings. The Morgan fingerprint density at radius 2 is 1.57 bits per heavy atom. The number of thioether (sulfide) groups is 1. The van der Waals surface area contributed by atoms with Crippen molar-refractivity contribution in [1.82, 2.24) is 0 Å². The first-order chi connectivity index (χ1) is 10.1. The second-order valence-electron chi connectivity index (χ2n) is 4.37. The van der Waals surface area contributed by atoms with Crippen LogP contribution in [0.2, 0.25) is 0 Å². The van der Waals surface area contributed by atoms with E-state index in [9.17, 15) is 9.59 Å². The van der Waals surface area contributed by atoms with Crippen LogP contribution in [-0.4, -0.2) is 18.1 Å². The second kappa shape index (κ2) is 6.95. The third-order valence-corrected chi connectivity index (χ3v) is 3.68. The molecule has 5 heteroatoms. The molecule has 1 amide bonds. The zero-order valence-electron chi connectivity index (χ0n) is 11.5. The summed E-state index contributed by atoms with van der Waals surface area (Å²) >= 11 is 1.66. The van der Waals surface area contributed by atoms with E-state index in [2.05, 4.69) is 0 Å². The molecule has 2 N–H and O–H groups in total. The smallest absolute Gasteiger partial charge is 0.338 e. The number of amides is 1. The van der Waals surface area contributed by atoms with Gasteiger partial charge in [-0.25, -0.2) is 4.79 Å². The summed E-state index contributed by atoms with van der Waals surface area (Å²) in [5.74, 6) is -0.955. The lowest BCUT2D eigenvalue weighted by atomic mass is 10.1. The predicted molar refractivity (Wildman–Crippen MR) is 82.3 cm³/mol. The fraction of sp³-hybridized carbons (Fsp3) is 0.125. The molecule has 0 aliphatic carbocycles. The molecule has 2 aromatic carbocycles. The number of rotatable bonds is 5. The van der Waals surface area contributed by atoms with Crippen molar-refractivity contribution in [3.63, 3.8) is 0 Å². The van der Waals surface area contributed by atoms with Crippen LogP contribution in [0.25, 0.3) is 0 Å². The quantitative estimate of drug-likeness (QED) is 0.681. The Balaban J connectivity index is 1.95. The van der Waals surface area contributed by atoms with Crippen LogP contribution in [-0.2, 0) is 11.3 Å². The lowest BCUT2D eigenvalue weighted by Gasteiger charge is -2.06. The number of carbonyl (C=O) groups excluding carboxylic acids is 2. The summed E-state index contributed by atoms with van der Waals surface area (Å²) in [7, 11) is 0. The van der Waals surface area contributed by atoms with Gasteiger partial charge in [-0.2, -0.15) is 0 Å². The van der Waals surface area contributed by atoms with Crippen LogP contribution in [0.4, 0.5) is 0 Å². The van der Waals surface area contributed by atoms with Crippen molar-refractivity contribution in [1.29, 1.82) is 0 Å². The van der Waals surface area contributed by atoms with E-state index >= 15 is 0 Å². The lowest BCUT2D eigenvalue weighted by molar-refractivity contribution is 0.0472. The Hall–Kier alpha value is -2.27. The van der Waals surface area contributed by atoms with Crippen molar-refractivity contribution >= 4 is 23.6 Å². The number of esters is 1. The lowest BCUT2D eigenvalue weighted by Crippen LogP contribution is -2.11. The van der Waals surface area contributed by atoms with E-state index in [1.54, 1.807) is 11.8 Å². The minimum absolute atomic E-state index is 0.213. The summed E-state index contributed by atoms with van der Waals surface area (Å²) in [6, 6.07) is 13.9. The van der Waals surface area contributed by atoms with Gasteiger partial charge in [-0.3, -0.25) is 4.79 Å². The van der Waals surface area contributed by atoms with E-state index < -0.39 is 11.9 Å². The molecule has 0 heterocycles. The summed E-state index contributed by atoms with van der Waals surface area (Å²) in [6.45, 7) is 0.213. The third kappa shape index (κ3) is 4.10. The van der Waals surface area contributed by atoms with Crippen LogP contribution < -0.4 is 5.73 Å². The van der Waals surface area contributed by atoms with Crippen molar-refractivity contribution in [2.75, 3.05) is 6.26 Å². The van der Waals surface area contributed by atoms with Crippen LogP contribution in [0.3, 0.4) is 0 Å². The number of carbonyl (C=O) groups is 2. The fourth-order valence-corrected chi connectivity index (χ4v) is 2.13. The van der Waals surface area contributed by atoms with E-state index in [-0.39, 0.29) is 6.61 Å². The van der Waals surface area contributed by atoms with Crippen LogP contribution in [0, 0.1) is 0 Å². The van der Waals surface area contributed by atoms with Gasteiger partial charge in [0, 0.05) is 10.5 Å². The van der Waals surface area contributed by atoms with Crippen molar-refractivity contribution in [2.24, 2.45) is 5.73 Å². The van der Waals surface area contributed by atoms with Gasteiger partial charge in [0.15, 0.2) is 0 Å². The maximum atomic E-state index is 11.9. The first-order valence-corrected chi connectivity index (χ1v) is 7.52. The average Bonchev–Trinajstić information content (AvgIpc) is 2.53. The molecule has 2 rings (SSSR count). The van der Waals surface area contributed by atoms with Crippen LogP contribution >= 0.6 is 11.8 Å². The maximum Gasteiger partial charge on any atom is 0.338 e. The van der Waals surface area contributed by atoms with Gasteiger partial charge in [0.25, 0.3) is 0 Å². The topological polar surface area (TPSA) is 69.4 Å². The number of benzene rings is 2. The van der Waals surface area contributed by atoms with Gasteiger partial charge >= 0.3 is 5.97 Å². The van der Waals surface area contributed by atoms with E-state index in [1.165, 1.54) is 24.3 Å². The Bertz CT molecular complexity index is 636. The molecule has 0 aliphatic rings. The van der Waals surface area contributed by atoms with Gasteiger partial charge in [-0.15, -0.1) is 11.8 Å². The summed E-state index contributed by atoms with van der Waals surface area (Å²) in [5.41, 5.74) is 6.82. The molecular weight excluding hydrogens is 286 g/mol. The molecule has 21 heavy (non-hydrogen) atoms. The molecular formula is C16H15NO3S. The van der Waals surface area contributed by atoms with Gasteiger partial charge in [0.2, 0.25) is 5.91 Å². The highest BCUT2D eigenvalue weighted by atomic mass is 32.2. The van der Waals surface area contributed by atoms with Gasteiger partial charge < -0.3 is 10.5 Å². The highest BCUT2D eigenvalue weighted by Crippen LogP contribution is 2.15.